The summed E-state index contributed by atoms with van der Waals surface area (Å²) < 4.78 is 29.8. The Morgan fingerprint density at radius 3 is 2.75 bits per heavy atom. The van der Waals surface area contributed by atoms with E-state index in [1.165, 1.54) is 18.2 Å². The maximum atomic E-state index is 13.8. The molecule has 0 saturated carbocycles. The van der Waals surface area contributed by atoms with Gasteiger partial charge in [0.25, 0.3) is 0 Å². The molecule has 6 nitrogen and oxygen atoms in total. The summed E-state index contributed by atoms with van der Waals surface area (Å²) in [5, 5.41) is 12.8. The fourth-order valence-electron chi connectivity index (χ4n) is 2.56. The number of nitriles is 1. The molecule has 28 heavy (non-hydrogen) atoms. The summed E-state index contributed by atoms with van der Waals surface area (Å²) in [6.07, 6.45) is 0. The van der Waals surface area contributed by atoms with E-state index in [0.29, 0.717) is 17.1 Å². The Hall–Kier alpha value is -3.66. The van der Waals surface area contributed by atoms with Gasteiger partial charge in [-0.05, 0) is 50.2 Å². The number of aryl methyl sites for hydroxylation is 2. The van der Waals surface area contributed by atoms with Crippen molar-refractivity contribution in [3.8, 4) is 11.8 Å². The highest BCUT2D eigenvalue weighted by atomic mass is 19.1. The molecule has 0 fully saturated rings. The van der Waals surface area contributed by atoms with E-state index >= 15 is 0 Å². The number of halogens is 1. The van der Waals surface area contributed by atoms with E-state index in [1.54, 1.807) is 31.2 Å². The van der Waals surface area contributed by atoms with Crippen LogP contribution in [0.2, 0.25) is 0 Å². The molecule has 3 rings (SSSR count). The van der Waals surface area contributed by atoms with Gasteiger partial charge in [-0.2, -0.15) is 5.26 Å². The minimum absolute atomic E-state index is 0.137. The zero-order chi connectivity index (χ0) is 20.1. The SMILES string of the molecule is Cc1noc(C)c1COc1cccc(C(=O)OCc2cc(C#N)ccc2F)c1. The Labute approximate surface area is 161 Å². The number of carbonyl (C=O) groups is 1. The van der Waals surface area contributed by atoms with Gasteiger partial charge in [-0.3, -0.25) is 0 Å². The van der Waals surface area contributed by atoms with E-state index in [2.05, 4.69) is 5.16 Å². The van der Waals surface area contributed by atoms with Crippen LogP contribution in [0.5, 0.6) is 5.75 Å². The molecule has 0 bridgehead atoms. The first-order valence-corrected chi connectivity index (χ1v) is 8.48. The van der Waals surface area contributed by atoms with Gasteiger partial charge in [0.05, 0.1) is 28.5 Å². The van der Waals surface area contributed by atoms with Gasteiger partial charge in [-0.15, -0.1) is 0 Å². The summed E-state index contributed by atoms with van der Waals surface area (Å²) >= 11 is 0. The molecule has 0 aliphatic carbocycles. The topological polar surface area (TPSA) is 85.3 Å². The highest BCUT2D eigenvalue weighted by Crippen LogP contribution is 2.19. The molecule has 2 aromatic carbocycles. The number of esters is 1. The normalized spacial score (nSPS) is 10.4. The minimum atomic E-state index is -0.621. The summed E-state index contributed by atoms with van der Waals surface area (Å²) in [7, 11) is 0. The van der Waals surface area contributed by atoms with E-state index in [9.17, 15) is 9.18 Å². The molecule has 0 atom stereocenters. The second kappa shape index (κ2) is 8.35. The molecule has 0 saturated heterocycles. The van der Waals surface area contributed by atoms with Gasteiger partial charge in [0.15, 0.2) is 0 Å². The van der Waals surface area contributed by atoms with Crippen LogP contribution in [0.3, 0.4) is 0 Å². The molecule has 142 valence electrons. The van der Waals surface area contributed by atoms with Crippen LogP contribution < -0.4 is 4.74 Å². The lowest BCUT2D eigenvalue weighted by Crippen LogP contribution is -2.07. The molecule has 1 aromatic heterocycles. The van der Waals surface area contributed by atoms with Gasteiger partial charge >= 0.3 is 5.97 Å². The Kier molecular flexibility index (Phi) is 5.70. The van der Waals surface area contributed by atoms with Gasteiger partial charge in [0.1, 0.15) is 30.5 Å². The third-order valence-electron chi connectivity index (χ3n) is 4.17. The van der Waals surface area contributed by atoms with Crippen LogP contribution in [0.15, 0.2) is 47.0 Å². The van der Waals surface area contributed by atoms with Crippen LogP contribution in [-0.4, -0.2) is 11.1 Å². The lowest BCUT2D eigenvalue weighted by molar-refractivity contribution is 0.0468. The number of ether oxygens (including phenoxy) is 2. The molecule has 0 radical (unpaired) electrons. The second-order valence-corrected chi connectivity index (χ2v) is 6.11. The summed E-state index contributed by atoms with van der Waals surface area (Å²) in [5.41, 5.74) is 2.30. The lowest BCUT2D eigenvalue weighted by atomic mass is 10.1. The number of rotatable bonds is 6. The first-order chi connectivity index (χ1) is 13.5. The van der Waals surface area contributed by atoms with Crippen LogP contribution in [0.25, 0.3) is 0 Å². The maximum Gasteiger partial charge on any atom is 0.338 e. The van der Waals surface area contributed by atoms with Crippen molar-refractivity contribution in [2.45, 2.75) is 27.1 Å². The fourth-order valence-corrected chi connectivity index (χ4v) is 2.56. The van der Waals surface area contributed by atoms with Gasteiger partial charge in [-0.25, -0.2) is 9.18 Å². The molecule has 7 heteroatoms. The molecule has 0 unspecified atom stereocenters. The van der Waals surface area contributed by atoms with Crippen LogP contribution in [0.1, 0.15) is 38.5 Å². The first kappa shape index (κ1) is 19.1. The van der Waals surface area contributed by atoms with Crippen LogP contribution in [-0.2, 0) is 18.0 Å². The Morgan fingerprint density at radius 2 is 2.04 bits per heavy atom. The summed E-state index contributed by atoms with van der Waals surface area (Å²) in [5.74, 6) is -0.00491. The molecule has 0 spiro atoms. The van der Waals surface area contributed by atoms with Crippen LogP contribution in [0, 0.1) is 31.0 Å². The zero-order valence-electron chi connectivity index (χ0n) is 15.4. The van der Waals surface area contributed by atoms with Crippen molar-refractivity contribution in [3.63, 3.8) is 0 Å². The monoisotopic (exact) mass is 380 g/mol. The zero-order valence-corrected chi connectivity index (χ0v) is 15.4. The van der Waals surface area contributed by atoms with E-state index in [1.807, 2.05) is 13.0 Å². The third-order valence-corrected chi connectivity index (χ3v) is 4.17. The molecular weight excluding hydrogens is 363 g/mol. The van der Waals surface area contributed by atoms with E-state index in [0.717, 1.165) is 11.3 Å². The molecular formula is C21H17FN2O4. The average molecular weight is 380 g/mol. The molecule has 0 amide bonds. The second-order valence-electron chi connectivity index (χ2n) is 6.11. The largest absolute Gasteiger partial charge is 0.489 e. The van der Waals surface area contributed by atoms with Crippen molar-refractivity contribution in [1.29, 1.82) is 5.26 Å². The van der Waals surface area contributed by atoms with Gasteiger partial charge in [0, 0.05) is 5.56 Å². The summed E-state index contributed by atoms with van der Waals surface area (Å²) in [6, 6.07) is 12.3. The number of nitrogens with zero attached hydrogens (tertiary/aromatic N) is 2. The van der Waals surface area contributed by atoms with Crippen molar-refractivity contribution in [2.75, 3.05) is 0 Å². The van der Waals surface area contributed by atoms with Crippen molar-refractivity contribution in [2.24, 2.45) is 0 Å². The number of aromatic nitrogens is 1. The number of benzene rings is 2. The van der Waals surface area contributed by atoms with Crippen LogP contribution in [0.4, 0.5) is 4.39 Å². The first-order valence-electron chi connectivity index (χ1n) is 8.48. The molecule has 3 aromatic rings. The molecule has 0 aliphatic heterocycles. The number of hydrogen-bond donors (Lipinski definition) is 0. The third kappa shape index (κ3) is 4.35. The summed E-state index contributed by atoms with van der Waals surface area (Å²) in [6.45, 7) is 3.60. The van der Waals surface area contributed by atoms with E-state index < -0.39 is 11.8 Å². The standard InChI is InChI=1S/C21H17FN2O4/c1-13-19(14(2)28-24-13)12-26-18-5-3-4-16(9-18)21(25)27-11-17-8-15(10-23)6-7-20(17)22/h3-9H,11-12H2,1-2H3. The maximum absolute atomic E-state index is 13.8. The van der Waals surface area contributed by atoms with Crippen LogP contribution >= 0.6 is 0 Å². The Balaban J connectivity index is 1.65. The number of hydrogen-bond acceptors (Lipinski definition) is 6. The van der Waals surface area contributed by atoms with Crippen molar-refractivity contribution >= 4 is 5.97 Å². The predicted octanol–water partition coefficient (Wildman–Crippen LogP) is 4.24. The highest BCUT2D eigenvalue weighted by molar-refractivity contribution is 5.89. The quantitative estimate of drug-likeness (QED) is 0.595. The van der Waals surface area contributed by atoms with Crippen molar-refractivity contribution in [3.05, 3.63) is 82.0 Å². The molecule has 0 aliphatic rings. The van der Waals surface area contributed by atoms with Gasteiger partial charge in [0.2, 0.25) is 0 Å². The Morgan fingerprint density at radius 1 is 1.21 bits per heavy atom. The van der Waals surface area contributed by atoms with E-state index in [4.69, 9.17) is 19.3 Å². The summed E-state index contributed by atoms with van der Waals surface area (Å²) in [4.78, 5) is 12.3. The van der Waals surface area contributed by atoms with E-state index in [-0.39, 0.29) is 24.3 Å². The highest BCUT2D eigenvalue weighted by Gasteiger charge is 2.13. The van der Waals surface area contributed by atoms with Gasteiger partial charge < -0.3 is 14.0 Å². The smallest absolute Gasteiger partial charge is 0.338 e. The van der Waals surface area contributed by atoms with Gasteiger partial charge in [-0.1, -0.05) is 11.2 Å². The van der Waals surface area contributed by atoms with Crippen molar-refractivity contribution < 1.29 is 23.2 Å². The minimum Gasteiger partial charge on any atom is -0.489 e. The number of carbonyl (C=O) groups excluding carboxylic acids is 1. The predicted molar refractivity (Wildman–Crippen MR) is 97.0 cm³/mol. The average Bonchev–Trinajstić information content (AvgIpc) is 3.03. The molecule has 0 N–H and O–H groups in total. The Bertz CT molecular complexity index is 1030. The fraction of sp³-hybridized carbons (Fsp3) is 0.190. The van der Waals surface area contributed by atoms with Crippen molar-refractivity contribution in [1.82, 2.24) is 5.16 Å². The molecule has 1 heterocycles. The lowest BCUT2D eigenvalue weighted by Gasteiger charge is -2.09.